The van der Waals surface area contributed by atoms with Crippen molar-refractivity contribution < 1.29 is 0 Å². The first kappa shape index (κ1) is 17.5. The Morgan fingerprint density at radius 2 is 1.81 bits per heavy atom. The molecule has 1 saturated heterocycles. The lowest BCUT2D eigenvalue weighted by molar-refractivity contribution is 0.182. The third kappa shape index (κ3) is 3.50. The summed E-state index contributed by atoms with van der Waals surface area (Å²) in [6.45, 7) is 7.34. The average Bonchev–Trinajstić information content (AvgIpc) is 3.00. The van der Waals surface area contributed by atoms with E-state index in [0.717, 1.165) is 38.6 Å². The molecule has 2 heterocycles. The van der Waals surface area contributed by atoms with Crippen LogP contribution in [0, 0.1) is 5.92 Å². The fourth-order valence-corrected chi connectivity index (χ4v) is 4.33. The lowest BCUT2D eigenvalue weighted by Gasteiger charge is -2.28. The van der Waals surface area contributed by atoms with Crippen LogP contribution in [0.1, 0.15) is 31.7 Å². The zero-order valence-corrected chi connectivity index (χ0v) is 15.7. The fourth-order valence-electron chi connectivity index (χ4n) is 4.33. The van der Waals surface area contributed by atoms with Crippen LogP contribution in [-0.4, -0.2) is 29.2 Å². The molecule has 0 aliphatic carbocycles. The molecule has 0 radical (unpaired) electrons. The van der Waals surface area contributed by atoms with Crippen LogP contribution in [0.4, 0.5) is 0 Å². The monoisotopic (exact) mass is 350 g/mol. The van der Waals surface area contributed by atoms with Crippen LogP contribution in [0.15, 0.2) is 42.5 Å². The van der Waals surface area contributed by atoms with Gasteiger partial charge in [-0.3, -0.25) is 5.84 Å². The Bertz CT molecular complexity index is 874. The molecule has 138 valence electrons. The van der Waals surface area contributed by atoms with Gasteiger partial charge in [0.25, 0.3) is 0 Å². The van der Waals surface area contributed by atoms with E-state index < -0.39 is 0 Å². The van der Waals surface area contributed by atoms with Gasteiger partial charge in [0.05, 0.1) is 0 Å². The zero-order valence-electron chi connectivity index (χ0n) is 15.7. The second kappa shape index (κ2) is 7.78. The Morgan fingerprint density at radius 1 is 1.04 bits per heavy atom. The summed E-state index contributed by atoms with van der Waals surface area (Å²) in [5, 5.41) is 8.33. The highest BCUT2D eigenvalue weighted by Crippen LogP contribution is 2.29. The molecular formula is C22H30N4. The minimum absolute atomic E-state index is 0.826. The molecule has 1 fully saturated rings. The molecule has 3 aromatic rings. The summed E-state index contributed by atoms with van der Waals surface area (Å²) in [6.07, 6.45) is 3.73. The average molecular weight is 351 g/mol. The SMILES string of the molecule is CCn1c2ccccc2c2cc(CNCCC3CCN(N)CC3)ccc21. The third-order valence-corrected chi connectivity index (χ3v) is 5.86. The van der Waals surface area contributed by atoms with Gasteiger partial charge in [0.15, 0.2) is 0 Å². The second-order valence-corrected chi connectivity index (χ2v) is 7.56. The first-order valence-corrected chi connectivity index (χ1v) is 9.96. The highest BCUT2D eigenvalue weighted by molar-refractivity contribution is 6.08. The number of benzene rings is 2. The predicted octanol–water partition coefficient (Wildman–Crippen LogP) is 3.88. The Labute approximate surface area is 155 Å². The molecule has 1 aromatic heterocycles. The smallest absolute Gasteiger partial charge is 0.0491 e. The summed E-state index contributed by atoms with van der Waals surface area (Å²) in [6, 6.07) is 15.7. The van der Waals surface area contributed by atoms with Gasteiger partial charge in [-0.25, -0.2) is 5.01 Å². The molecule has 0 amide bonds. The molecule has 1 aliphatic heterocycles. The number of piperidine rings is 1. The number of hydrogen-bond donors (Lipinski definition) is 2. The summed E-state index contributed by atoms with van der Waals surface area (Å²) in [4.78, 5) is 0. The molecule has 0 unspecified atom stereocenters. The van der Waals surface area contributed by atoms with Crippen LogP contribution in [0.3, 0.4) is 0 Å². The lowest BCUT2D eigenvalue weighted by Crippen LogP contribution is -2.39. The van der Waals surface area contributed by atoms with E-state index in [-0.39, 0.29) is 0 Å². The van der Waals surface area contributed by atoms with Crippen molar-refractivity contribution in [3.05, 3.63) is 48.0 Å². The van der Waals surface area contributed by atoms with Crippen molar-refractivity contribution in [2.24, 2.45) is 11.8 Å². The van der Waals surface area contributed by atoms with Gasteiger partial charge >= 0.3 is 0 Å². The molecule has 4 heteroatoms. The van der Waals surface area contributed by atoms with Crippen LogP contribution in [0.25, 0.3) is 21.8 Å². The summed E-state index contributed by atoms with van der Waals surface area (Å²) in [5.41, 5.74) is 4.04. The van der Waals surface area contributed by atoms with Gasteiger partial charge < -0.3 is 9.88 Å². The highest BCUT2D eigenvalue weighted by Gasteiger charge is 2.16. The molecule has 0 bridgehead atoms. The number of hydrogen-bond acceptors (Lipinski definition) is 3. The maximum atomic E-state index is 5.84. The van der Waals surface area contributed by atoms with Crippen LogP contribution >= 0.6 is 0 Å². The minimum atomic E-state index is 0.826. The van der Waals surface area contributed by atoms with Gasteiger partial charge in [-0.05, 0) is 62.4 Å². The van der Waals surface area contributed by atoms with Crippen molar-refractivity contribution >= 4 is 21.8 Å². The number of nitrogens with one attached hydrogen (secondary N) is 1. The fraction of sp³-hybridized carbons (Fsp3) is 0.455. The molecular weight excluding hydrogens is 320 g/mol. The number of fused-ring (bicyclic) bond motifs is 3. The van der Waals surface area contributed by atoms with Gasteiger partial charge in [0, 0.05) is 48.0 Å². The maximum Gasteiger partial charge on any atom is 0.0491 e. The second-order valence-electron chi connectivity index (χ2n) is 7.56. The van der Waals surface area contributed by atoms with Crippen molar-refractivity contribution in [3.8, 4) is 0 Å². The van der Waals surface area contributed by atoms with Gasteiger partial charge in [0.2, 0.25) is 0 Å². The van der Waals surface area contributed by atoms with Crippen molar-refractivity contribution in [2.45, 2.75) is 39.3 Å². The number of rotatable bonds is 6. The van der Waals surface area contributed by atoms with E-state index in [2.05, 4.69) is 59.3 Å². The van der Waals surface area contributed by atoms with Crippen molar-refractivity contribution in [2.75, 3.05) is 19.6 Å². The van der Waals surface area contributed by atoms with Gasteiger partial charge in [-0.1, -0.05) is 24.3 Å². The van der Waals surface area contributed by atoms with E-state index in [0.29, 0.717) is 0 Å². The molecule has 26 heavy (non-hydrogen) atoms. The summed E-state index contributed by atoms with van der Waals surface area (Å²) < 4.78 is 2.41. The summed E-state index contributed by atoms with van der Waals surface area (Å²) in [7, 11) is 0. The standard InChI is InChI=1S/C22H30N4/c1-2-26-21-6-4-3-5-19(21)20-15-18(7-8-22(20)26)16-24-12-9-17-10-13-25(23)14-11-17/h3-8,15,17,24H,2,9-14,16,23H2,1H3. The van der Waals surface area contributed by atoms with E-state index >= 15 is 0 Å². The van der Waals surface area contributed by atoms with Gasteiger partial charge in [-0.2, -0.15) is 0 Å². The highest BCUT2D eigenvalue weighted by atomic mass is 15.4. The topological polar surface area (TPSA) is 46.2 Å². The predicted molar refractivity (Wildman–Crippen MR) is 110 cm³/mol. The quantitative estimate of drug-likeness (QED) is 0.524. The van der Waals surface area contributed by atoms with Crippen LogP contribution < -0.4 is 11.2 Å². The van der Waals surface area contributed by atoms with Crippen LogP contribution in [0.5, 0.6) is 0 Å². The normalized spacial score (nSPS) is 16.7. The molecule has 0 saturated carbocycles. The van der Waals surface area contributed by atoms with Gasteiger partial charge in [-0.15, -0.1) is 0 Å². The van der Waals surface area contributed by atoms with E-state index in [1.54, 1.807) is 0 Å². The molecule has 4 nitrogen and oxygen atoms in total. The Morgan fingerprint density at radius 3 is 2.62 bits per heavy atom. The summed E-state index contributed by atoms with van der Waals surface area (Å²) in [5.74, 6) is 6.67. The molecule has 4 rings (SSSR count). The largest absolute Gasteiger partial charge is 0.341 e. The van der Waals surface area contributed by atoms with E-state index in [1.807, 2.05) is 5.01 Å². The third-order valence-electron chi connectivity index (χ3n) is 5.86. The number of aromatic nitrogens is 1. The number of para-hydroxylation sites is 1. The van der Waals surface area contributed by atoms with E-state index in [9.17, 15) is 0 Å². The first-order valence-electron chi connectivity index (χ1n) is 9.96. The Balaban J connectivity index is 1.42. The zero-order chi connectivity index (χ0) is 17.9. The summed E-state index contributed by atoms with van der Waals surface area (Å²) >= 11 is 0. The molecule has 0 spiro atoms. The Hall–Kier alpha value is -1.88. The molecule has 1 aliphatic rings. The van der Waals surface area contributed by atoms with Gasteiger partial charge in [0.1, 0.15) is 0 Å². The first-order chi connectivity index (χ1) is 12.8. The van der Waals surface area contributed by atoms with Crippen molar-refractivity contribution in [1.82, 2.24) is 14.9 Å². The molecule has 3 N–H and O–H groups in total. The van der Waals surface area contributed by atoms with Crippen molar-refractivity contribution in [3.63, 3.8) is 0 Å². The molecule has 0 atom stereocenters. The van der Waals surface area contributed by atoms with E-state index in [4.69, 9.17) is 5.84 Å². The number of aryl methyl sites for hydroxylation is 1. The number of nitrogens with two attached hydrogens (primary N) is 1. The van der Waals surface area contributed by atoms with E-state index in [1.165, 1.54) is 46.6 Å². The van der Waals surface area contributed by atoms with Crippen LogP contribution in [-0.2, 0) is 13.1 Å². The van der Waals surface area contributed by atoms with Crippen LogP contribution in [0.2, 0.25) is 0 Å². The minimum Gasteiger partial charge on any atom is -0.341 e. The number of nitrogens with zero attached hydrogens (tertiary/aromatic N) is 2. The van der Waals surface area contributed by atoms with Crippen molar-refractivity contribution in [1.29, 1.82) is 0 Å². The number of hydrazine groups is 1. The lowest BCUT2D eigenvalue weighted by atomic mass is 9.94. The maximum absolute atomic E-state index is 5.84. The molecule has 2 aromatic carbocycles. The Kier molecular flexibility index (Phi) is 5.25.